The Hall–Kier alpha value is -2.08. The van der Waals surface area contributed by atoms with Crippen LogP contribution in [-0.2, 0) is 0 Å². The number of H-pyrrole nitrogens is 1. The molecular weight excluding hydrogens is 246 g/mol. The van der Waals surface area contributed by atoms with E-state index in [4.69, 9.17) is 0 Å². The number of phenols is 1. The zero-order chi connectivity index (χ0) is 13.4. The van der Waals surface area contributed by atoms with Crippen LogP contribution < -0.4 is 16.6 Å². The maximum atomic E-state index is 12.4. The Morgan fingerprint density at radius 2 is 2.16 bits per heavy atom. The van der Waals surface area contributed by atoms with Crippen molar-refractivity contribution >= 4 is 10.9 Å². The Labute approximate surface area is 108 Å². The van der Waals surface area contributed by atoms with Crippen molar-refractivity contribution in [3.8, 4) is 5.75 Å². The molecule has 1 atom stereocenters. The molecule has 1 aliphatic rings. The fraction of sp³-hybridized carbons (Fsp3) is 0.385. The highest BCUT2D eigenvalue weighted by Gasteiger charge is 2.20. The van der Waals surface area contributed by atoms with Crippen LogP contribution in [0.1, 0.15) is 18.9 Å². The fourth-order valence-corrected chi connectivity index (χ4v) is 2.64. The molecule has 0 amide bonds. The summed E-state index contributed by atoms with van der Waals surface area (Å²) >= 11 is 0. The average molecular weight is 261 g/mol. The highest BCUT2D eigenvalue weighted by atomic mass is 16.3. The van der Waals surface area contributed by atoms with Gasteiger partial charge in [-0.15, -0.1) is 0 Å². The monoisotopic (exact) mass is 261 g/mol. The van der Waals surface area contributed by atoms with Crippen LogP contribution in [0.25, 0.3) is 10.9 Å². The third-order valence-corrected chi connectivity index (χ3v) is 3.57. The van der Waals surface area contributed by atoms with Crippen molar-refractivity contribution in [1.82, 2.24) is 14.9 Å². The van der Waals surface area contributed by atoms with E-state index in [0.29, 0.717) is 12.1 Å². The van der Waals surface area contributed by atoms with Gasteiger partial charge in [0.1, 0.15) is 11.1 Å². The maximum Gasteiger partial charge on any atom is 0.329 e. The highest BCUT2D eigenvalue weighted by Crippen LogP contribution is 2.19. The van der Waals surface area contributed by atoms with Gasteiger partial charge in [-0.1, -0.05) is 6.07 Å². The van der Waals surface area contributed by atoms with E-state index in [-0.39, 0.29) is 17.2 Å². The van der Waals surface area contributed by atoms with E-state index < -0.39 is 11.2 Å². The SMILES string of the molecule is O=c1[nH]c2cccc(O)c2c(=O)n1C1CCCNC1. The van der Waals surface area contributed by atoms with Crippen molar-refractivity contribution in [1.29, 1.82) is 0 Å². The predicted octanol–water partition coefficient (Wildman–Crippen LogP) is 0.320. The van der Waals surface area contributed by atoms with E-state index in [2.05, 4.69) is 10.3 Å². The van der Waals surface area contributed by atoms with Gasteiger partial charge in [-0.05, 0) is 31.5 Å². The number of hydrogen-bond donors (Lipinski definition) is 3. The van der Waals surface area contributed by atoms with E-state index >= 15 is 0 Å². The molecule has 19 heavy (non-hydrogen) atoms. The van der Waals surface area contributed by atoms with Gasteiger partial charge in [-0.25, -0.2) is 4.79 Å². The minimum absolute atomic E-state index is 0.101. The third kappa shape index (κ3) is 1.94. The largest absolute Gasteiger partial charge is 0.507 e. The van der Waals surface area contributed by atoms with E-state index in [9.17, 15) is 14.7 Å². The summed E-state index contributed by atoms with van der Waals surface area (Å²) in [4.78, 5) is 27.1. The number of nitrogens with zero attached hydrogens (tertiary/aromatic N) is 1. The Morgan fingerprint density at radius 3 is 2.89 bits per heavy atom. The first-order chi connectivity index (χ1) is 9.18. The molecule has 1 aromatic carbocycles. The van der Waals surface area contributed by atoms with Crippen LogP contribution in [0.4, 0.5) is 0 Å². The molecule has 2 heterocycles. The Balaban J connectivity index is 2.27. The van der Waals surface area contributed by atoms with Crippen molar-refractivity contribution in [3.05, 3.63) is 39.0 Å². The minimum Gasteiger partial charge on any atom is -0.507 e. The lowest BCUT2D eigenvalue weighted by molar-refractivity contribution is 0.355. The molecule has 100 valence electrons. The Bertz CT molecular complexity index is 726. The number of benzene rings is 1. The van der Waals surface area contributed by atoms with Gasteiger partial charge in [0.15, 0.2) is 0 Å². The summed E-state index contributed by atoms with van der Waals surface area (Å²) in [5.41, 5.74) is -0.475. The second-order valence-electron chi connectivity index (χ2n) is 4.81. The van der Waals surface area contributed by atoms with Crippen molar-refractivity contribution < 1.29 is 5.11 Å². The molecule has 6 heteroatoms. The highest BCUT2D eigenvalue weighted by molar-refractivity contribution is 5.83. The van der Waals surface area contributed by atoms with Gasteiger partial charge in [0.2, 0.25) is 0 Å². The molecule has 0 spiro atoms. The molecular formula is C13H15N3O3. The number of phenolic OH excluding ortho intramolecular Hbond substituents is 1. The molecule has 0 aliphatic carbocycles. The summed E-state index contributed by atoms with van der Waals surface area (Å²) in [5.74, 6) is -0.101. The van der Waals surface area contributed by atoms with E-state index in [1.807, 2.05) is 0 Å². The summed E-state index contributed by atoms with van der Waals surface area (Å²) in [6.07, 6.45) is 1.71. The standard InChI is InChI=1S/C13H15N3O3/c17-10-5-1-4-9-11(10)12(18)16(13(19)15-9)8-3-2-6-14-7-8/h1,4-5,8,14,17H,2-3,6-7H2,(H,15,19). The molecule has 0 radical (unpaired) electrons. The summed E-state index contributed by atoms with van der Waals surface area (Å²) < 4.78 is 1.22. The summed E-state index contributed by atoms with van der Waals surface area (Å²) in [6.45, 7) is 1.50. The van der Waals surface area contributed by atoms with E-state index in [0.717, 1.165) is 19.4 Å². The average Bonchev–Trinajstić information content (AvgIpc) is 2.39. The number of aromatic hydroxyl groups is 1. The topological polar surface area (TPSA) is 87.1 Å². The van der Waals surface area contributed by atoms with Crippen LogP contribution in [-0.4, -0.2) is 27.7 Å². The zero-order valence-electron chi connectivity index (χ0n) is 10.3. The molecule has 1 aromatic heterocycles. The molecule has 3 N–H and O–H groups in total. The van der Waals surface area contributed by atoms with Crippen LogP contribution in [0.3, 0.4) is 0 Å². The molecule has 1 saturated heterocycles. The van der Waals surface area contributed by atoms with Crippen LogP contribution in [0.2, 0.25) is 0 Å². The van der Waals surface area contributed by atoms with Crippen molar-refractivity contribution in [2.24, 2.45) is 0 Å². The van der Waals surface area contributed by atoms with E-state index in [1.54, 1.807) is 12.1 Å². The quantitative estimate of drug-likeness (QED) is 0.690. The molecule has 0 saturated carbocycles. The number of aromatic nitrogens is 2. The smallest absolute Gasteiger partial charge is 0.329 e. The van der Waals surface area contributed by atoms with Gasteiger partial charge in [-0.3, -0.25) is 9.36 Å². The van der Waals surface area contributed by atoms with Crippen LogP contribution in [0.15, 0.2) is 27.8 Å². The number of piperidine rings is 1. The van der Waals surface area contributed by atoms with Gasteiger partial charge < -0.3 is 15.4 Å². The summed E-state index contributed by atoms with van der Waals surface area (Å²) in [7, 11) is 0. The molecule has 6 nitrogen and oxygen atoms in total. The van der Waals surface area contributed by atoms with Gasteiger partial charge >= 0.3 is 5.69 Å². The summed E-state index contributed by atoms with van der Waals surface area (Å²) in [5, 5.41) is 13.2. The molecule has 2 aromatic rings. The first kappa shape index (κ1) is 12.0. The van der Waals surface area contributed by atoms with E-state index in [1.165, 1.54) is 10.6 Å². The number of rotatable bonds is 1. The lowest BCUT2D eigenvalue weighted by atomic mass is 10.1. The van der Waals surface area contributed by atoms with Gasteiger partial charge in [-0.2, -0.15) is 0 Å². The number of hydrogen-bond acceptors (Lipinski definition) is 4. The molecule has 1 aliphatic heterocycles. The van der Waals surface area contributed by atoms with Crippen molar-refractivity contribution in [2.75, 3.05) is 13.1 Å². The van der Waals surface area contributed by atoms with Crippen molar-refractivity contribution in [3.63, 3.8) is 0 Å². The molecule has 1 unspecified atom stereocenters. The van der Waals surface area contributed by atoms with Crippen LogP contribution in [0, 0.1) is 0 Å². The van der Waals surface area contributed by atoms with Gasteiger partial charge in [0.25, 0.3) is 5.56 Å². The second kappa shape index (κ2) is 4.55. The first-order valence-electron chi connectivity index (χ1n) is 6.35. The number of nitrogens with one attached hydrogen (secondary N) is 2. The maximum absolute atomic E-state index is 12.4. The molecule has 0 bridgehead atoms. The lowest BCUT2D eigenvalue weighted by Crippen LogP contribution is -2.43. The van der Waals surface area contributed by atoms with Crippen LogP contribution in [0.5, 0.6) is 5.75 Å². The predicted molar refractivity (Wildman–Crippen MR) is 71.6 cm³/mol. The third-order valence-electron chi connectivity index (χ3n) is 3.57. The number of aromatic amines is 1. The normalized spacial score (nSPS) is 19.7. The lowest BCUT2D eigenvalue weighted by Gasteiger charge is -2.24. The second-order valence-corrected chi connectivity index (χ2v) is 4.81. The van der Waals surface area contributed by atoms with Crippen LogP contribution >= 0.6 is 0 Å². The molecule has 1 fully saturated rings. The van der Waals surface area contributed by atoms with Gasteiger partial charge in [0, 0.05) is 6.54 Å². The first-order valence-corrected chi connectivity index (χ1v) is 6.35. The molecule has 3 rings (SSSR count). The Kier molecular flexibility index (Phi) is 2.87. The number of fused-ring (bicyclic) bond motifs is 1. The van der Waals surface area contributed by atoms with Crippen molar-refractivity contribution in [2.45, 2.75) is 18.9 Å². The Morgan fingerprint density at radius 1 is 1.32 bits per heavy atom. The summed E-state index contributed by atoms with van der Waals surface area (Å²) in [6, 6.07) is 4.50. The van der Waals surface area contributed by atoms with Gasteiger partial charge in [0.05, 0.1) is 11.6 Å². The minimum atomic E-state index is -0.425. The zero-order valence-corrected chi connectivity index (χ0v) is 10.3. The fourth-order valence-electron chi connectivity index (χ4n) is 2.64.